The van der Waals surface area contributed by atoms with E-state index in [1.165, 1.54) is 6.20 Å². The molecule has 0 aliphatic rings. The van der Waals surface area contributed by atoms with Crippen molar-refractivity contribution < 1.29 is 9.32 Å². The fourth-order valence-corrected chi connectivity index (χ4v) is 1.72. The number of nitrogens with zero attached hydrogens (tertiary/aromatic N) is 2. The highest BCUT2D eigenvalue weighted by molar-refractivity contribution is 6.00. The molecule has 0 aliphatic heterocycles. The van der Waals surface area contributed by atoms with Gasteiger partial charge in [0.05, 0.1) is 18.3 Å². The minimum atomic E-state index is -0.201. The molecular formula is C13H16N4O2. The van der Waals surface area contributed by atoms with Crippen molar-refractivity contribution >= 4 is 17.3 Å². The number of nitrogens with one attached hydrogen (secondary N) is 1. The zero-order valence-electron chi connectivity index (χ0n) is 10.9. The first-order chi connectivity index (χ1) is 9.08. The van der Waals surface area contributed by atoms with Crippen LogP contribution in [-0.2, 0) is 6.54 Å². The lowest BCUT2D eigenvalue weighted by Crippen LogP contribution is -2.25. The van der Waals surface area contributed by atoms with Crippen molar-refractivity contribution in [3.8, 4) is 0 Å². The van der Waals surface area contributed by atoms with Crippen LogP contribution in [0, 0.1) is 0 Å². The molecule has 3 N–H and O–H groups in total. The summed E-state index contributed by atoms with van der Waals surface area (Å²) in [5.41, 5.74) is 7.62. The van der Waals surface area contributed by atoms with Gasteiger partial charge in [-0.2, -0.15) is 0 Å². The highest BCUT2D eigenvalue weighted by atomic mass is 16.5. The van der Waals surface area contributed by atoms with Crippen LogP contribution in [-0.4, -0.2) is 25.2 Å². The van der Waals surface area contributed by atoms with Crippen molar-refractivity contribution in [2.24, 2.45) is 0 Å². The Bertz CT molecular complexity index is 564. The number of nitrogens with two attached hydrogens (primary N) is 1. The number of nitrogen functional groups attached to an aromatic ring is 1. The molecule has 19 heavy (non-hydrogen) atoms. The molecule has 0 aliphatic carbocycles. The van der Waals surface area contributed by atoms with Gasteiger partial charge >= 0.3 is 0 Å². The van der Waals surface area contributed by atoms with E-state index in [4.69, 9.17) is 10.3 Å². The third kappa shape index (κ3) is 3.04. The quantitative estimate of drug-likeness (QED) is 0.808. The van der Waals surface area contributed by atoms with Crippen LogP contribution in [0.4, 0.5) is 11.4 Å². The number of benzene rings is 1. The Morgan fingerprint density at radius 2 is 2.21 bits per heavy atom. The molecule has 0 bridgehead atoms. The minimum Gasteiger partial charge on any atom is -0.399 e. The average molecular weight is 260 g/mol. The topological polar surface area (TPSA) is 84.4 Å². The molecule has 1 heterocycles. The lowest BCUT2D eigenvalue weighted by molar-refractivity contribution is 0.0947. The largest absolute Gasteiger partial charge is 0.399 e. The predicted octanol–water partition coefficient (Wildman–Crippen LogP) is 1.25. The molecule has 0 radical (unpaired) electrons. The van der Waals surface area contributed by atoms with Gasteiger partial charge in [0.2, 0.25) is 0 Å². The van der Waals surface area contributed by atoms with Gasteiger partial charge in [-0.25, -0.2) is 0 Å². The first kappa shape index (κ1) is 12.9. The summed E-state index contributed by atoms with van der Waals surface area (Å²) in [6.45, 7) is 0.292. The Kier molecular flexibility index (Phi) is 3.70. The third-order valence-corrected chi connectivity index (χ3v) is 2.66. The van der Waals surface area contributed by atoms with Gasteiger partial charge in [0.25, 0.3) is 5.91 Å². The summed E-state index contributed by atoms with van der Waals surface area (Å²) in [6, 6.07) is 6.94. The van der Waals surface area contributed by atoms with Crippen LogP contribution in [0.1, 0.15) is 16.1 Å². The molecule has 0 unspecified atom stereocenters. The molecule has 6 nitrogen and oxygen atoms in total. The summed E-state index contributed by atoms with van der Waals surface area (Å²) in [5.74, 6) is 0.399. The molecule has 1 aromatic carbocycles. The van der Waals surface area contributed by atoms with E-state index in [-0.39, 0.29) is 5.91 Å². The van der Waals surface area contributed by atoms with Crippen LogP contribution in [0.15, 0.2) is 35.0 Å². The van der Waals surface area contributed by atoms with Crippen LogP contribution in [0.3, 0.4) is 0 Å². The van der Waals surface area contributed by atoms with E-state index < -0.39 is 0 Å². The molecule has 0 saturated carbocycles. The third-order valence-electron chi connectivity index (χ3n) is 2.66. The smallest absolute Gasteiger partial charge is 0.253 e. The molecule has 6 heteroatoms. The summed E-state index contributed by atoms with van der Waals surface area (Å²) in [6.07, 6.45) is 1.53. The zero-order valence-corrected chi connectivity index (χ0v) is 10.9. The standard InChI is InChI=1S/C13H16N4O2/c1-17(2)12-4-3-9(14)7-11(12)13(18)15-8-10-5-6-16-19-10/h3-7H,8,14H2,1-2H3,(H,15,18). The average Bonchev–Trinajstić information content (AvgIpc) is 2.88. The van der Waals surface area contributed by atoms with Crippen LogP contribution in [0.25, 0.3) is 0 Å². The number of anilines is 2. The van der Waals surface area contributed by atoms with Crippen molar-refractivity contribution in [2.75, 3.05) is 24.7 Å². The lowest BCUT2D eigenvalue weighted by atomic mass is 10.1. The van der Waals surface area contributed by atoms with Crippen molar-refractivity contribution in [1.29, 1.82) is 0 Å². The molecule has 0 saturated heterocycles. The van der Waals surface area contributed by atoms with E-state index in [9.17, 15) is 4.79 Å². The van der Waals surface area contributed by atoms with Crippen LogP contribution >= 0.6 is 0 Å². The van der Waals surface area contributed by atoms with Gasteiger partial charge < -0.3 is 20.5 Å². The Hall–Kier alpha value is -2.50. The van der Waals surface area contributed by atoms with Crippen LogP contribution < -0.4 is 16.0 Å². The van der Waals surface area contributed by atoms with E-state index in [0.29, 0.717) is 23.6 Å². The number of carbonyl (C=O) groups is 1. The number of hydrogen-bond acceptors (Lipinski definition) is 5. The highest BCUT2D eigenvalue weighted by Crippen LogP contribution is 2.21. The monoisotopic (exact) mass is 260 g/mol. The van der Waals surface area contributed by atoms with Crippen LogP contribution in [0.5, 0.6) is 0 Å². The van der Waals surface area contributed by atoms with Gasteiger partial charge in [-0.1, -0.05) is 5.16 Å². The molecule has 100 valence electrons. The summed E-state index contributed by atoms with van der Waals surface area (Å²) < 4.78 is 4.92. The Balaban J connectivity index is 2.16. The summed E-state index contributed by atoms with van der Waals surface area (Å²) in [5, 5.41) is 6.35. The lowest BCUT2D eigenvalue weighted by Gasteiger charge is -2.17. The second-order valence-electron chi connectivity index (χ2n) is 4.33. The molecule has 0 atom stereocenters. The second kappa shape index (κ2) is 5.43. The molecule has 2 aromatic rings. The number of hydrogen-bond donors (Lipinski definition) is 2. The summed E-state index contributed by atoms with van der Waals surface area (Å²) in [7, 11) is 3.75. The number of rotatable bonds is 4. The Morgan fingerprint density at radius 1 is 1.42 bits per heavy atom. The van der Waals surface area contributed by atoms with Crippen molar-refractivity contribution in [3.63, 3.8) is 0 Å². The fourth-order valence-electron chi connectivity index (χ4n) is 1.72. The SMILES string of the molecule is CN(C)c1ccc(N)cc1C(=O)NCc1ccno1. The maximum absolute atomic E-state index is 12.2. The first-order valence-electron chi connectivity index (χ1n) is 5.82. The first-order valence-corrected chi connectivity index (χ1v) is 5.82. The van der Waals surface area contributed by atoms with E-state index >= 15 is 0 Å². The van der Waals surface area contributed by atoms with Gasteiger partial charge in [-0.3, -0.25) is 4.79 Å². The van der Waals surface area contributed by atoms with E-state index in [0.717, 1.165) is 5.69 Å². The number of carbonyl (C=O) groups excluding carboxylic acids is 1. The van der Waals surface area contributed by atoms with Crippen LogP contribution in [0.2, 0.25) is 0 Å². The minimum absolute atomic E-state index is 0.201. The second-order valence-corrected chi connectivity index (χ2v) is 4.33. The van der Waals surface area contributed by atoms with Gasteiger partial charge in [0.15, 0.2) is 5.76 Å². The highest BCUT2D eigenvalue weighted by Gasteiger charge is 2.13. The van der Waals surface area contributed by atoms with E-state index in [1.54, 1.807) is 18.2 Å². The number of amides is 1. The maximum atomic E-state index is 12.2. The molecular weight excluding hydrogens is 244 g/mol. The molecule has 0 fully saturated rings. The predicted molar refractivity (Wildman–Crippen MR) is 72.9 cm³/mol. The van der Waals surface area contributed by atoms with E-state index in [1.807, 2.05) is 25.1 Å². The summed E-state index contributed by atoms with van der Waals surface area (Å²) >= 11 is 0. The van der Waals surface area contributed by atoms with Gasteiger partial charge in [0.1, 0.15) is 0 Å². The molecule has 2 rings (SSSR count). The van der Waals surface area contributed by atoms with Gasteiger partial charge in [0, 0.05) is 31.5 Å². The van der Waals surface area contributed by atoms with Gasteiger partial charge in [-0.05, 0) is 18.2 Å². The maximum Gasteiger partial charge on any atom is 0.253 e. The summed E-state index contributed by atoms with van der Waals surface area (Å²) in [4.78, 5) is 14.0. The zero-order chi connectivity index (χ0) is 13.8. The molecule has 1 aromatic heterocycles. The normalized spacial score (nSPS) is 10.2. The van der Waals surface area contributed by atoms with Crippen molar-refractivity contribution in [3.05, 3.63) is 41.8 Å². The molecule has 0 spiro atoms. The fraction of sp³-hybridized carbons (Fsp3) is 0.231. The van der Waals surface area contributed by atoms with Gasteiger partial charge in [-0.15, -0.1) is 0 Å². The van der Waals surface area contributed by atoms with E-state index in [2.05, 4.69) is 10.5 Å². The Labute approximate surface area is 111 Å². The number of aromatic nitrogens is 1. The Morgan fingerprint density at radius 3 is 2.84 bits per heavy atom. The molecule has 1 amide bonds. The van der Waals surface area contributed by atoms with Crippen molar-refractivity contribution in [1.82, 2.24) is 10.5 Å². The van der Waals surface area contributed by atoms with Crippen molar-refractivity contribution in [2.45, 2.75) is 6.54 Å².